The summed E-state index contributed by atoms with van der Waals surface area (Å²) < 4.78 is 83.2. The van der Waals surface area contributed by atoms with Crippen molar-refractivity contribution in [2.24, 2.45) is 5.92 Å². The van der Waals surface area contributed by atoms with Gasteiger partial charge in [-0.1, -0.05) is 33.6 Å². The first-order valence-electron chi connectivity index (χ1n) is 9.05. The Bertz CT molecular complexity index is 713. The van der Waals surface area contributed by atoms with Gasteiger partial charge in [-0.05, 0) is 30.5 Å². The maximum Gasteiger partial charge on any atom is 0.417 e. The summed E-state index contributed by atoms with van der Waals surface area (Å²) in [6.07, 6.45) is -7.74. The SMILES string of the molecule is CCCCCOC(=O)C(NC(=O)c1cc(C(F)(F)F)ccc1C(F)(F)F)C(C)C. The predicted molar refractivity (Wildman–Crippen MR) is 93.0 cm³/mol. The van der Waals surface area contributed by atoms with E-state index in [1.54, 1.807) is 0 Å². The van der Waals surface area contributed by atoms with Crippen molar-refractivity contribution in [3.63, 3.8) is 0 Å². The first kappa shape index (κ1) is 24.8. The van der Waals surface area contributed by atoms with Crippen LogP contribution in [0.15, 0.2) is 18.2 Å². The van der Waals surface area contributed by atoms with Gasteiger partial charge in [-0.3, -0.25) is 4.79 Å². The summed E-state index contributed by atoms with van der Waals surface area (Å²) in [5, 5.41) is 2.08. The van der Waals surface area contributed by atoms with Crippen LogP contribution in [0.2, 0.25) is 0 Å². The smallest absolute Gasteiger partial charge is 0.417 e. The van der Waals surface area contributed by atoms with E-state index >= 15 is 0 Å². The van der Waals surface area contributed by atoms with Crippen LogP contribution in [-0.2, 0) is 21.9 Å². The molecule has 1 amide bonds. The van der Waals surface area contributed by atoms with Gasteiger partial charge in [0.1, 0.15) is 6.04 Å². The van der Waals surface area contributed by atoms with Gasteiger partial charge < -0.3 is 10.1 Å². The Labute approximate surface area is 164 Å². The van der Waals surface area contributed by atoms with E-state index in [0.717, 1.165) is 12.8 Å². The number of rotatable bonds is 8. The molecule has 0 radical (unpaired) electrons. The van der Waals surface area contributed by atoms with Crippen LogP contribution in [0.4, 0.5) is 26.3 Å². The number of alkyl halides is 6. The quantitative estimate of drug-likeness (QED) is 0.352. The molecule has 0 aromatic heterocycles. The molecular weight excluding hydrogens is 404 g/mol. The van der Waals surface area contributed by atoms with Crippen LogP contribution >= 0.6 is 0 Å². The third-order valence-corrected chi connectivity index (χ3v) is 4.10. The molecule has 164 valence electrons. The molecule has 10 heteroatoms. The normalized spacial score (nSPS) is 13.3. The minimum Gasteiger partial charge on any atom is -0.464 e. The van der Waals surface area contributed by atoms with Crippen molar-refractivity contribution in [1.29, 1.82) is 0 Å². The molecule has 0 aliphatic rings. The lowest BCUT2D eigenvalue weighted by molar-refractivity contribution is -0.147. The maximum atomic E-state index is 13.2. The van der Waals surface area contributed by atoms with E-state index in [9.17, 15) is 35.9 Å². The lowest BCUT2D eigenvalue weighted by Gasteiger charge is -2.22. The topological polar surface area (TPSA) is 55.4 Å². The van der Waals surface area contributed by atoms with Crippen molar-refractivity contribution < 1.29 is 40.7 Å². The van der Waals surface area contributed by atoms with Crippen molar-refractivity contribution in [3.8, 4) is 0 Å². The number of nitrogens with one attached hydrogen (secondary N) is 1. The number of hydrogen-bond acceptors (Lipinski definition) is 3. The molecule has 0 aliphatic heterocycles. The van der Waals surface area contributed by atoms with Crippen LogP contribution in [0, 0.1) is 5.92 Å². The first-order valence-corrected chi connectivity index (χ1v) is 9.05. The molecular formula is C19H23F6NO3. The zero-order valence-corrected chi connectivity index (χ0v) is 16.2. The van der Waals surface area contributed by atoms with Crippen LogP contribution < -0.4 is 5.32 Å². The molecule has 0 heterocycles. The lowest BCUT2D eigenvalue weighted by Crippen LogP contribution is -2.45. The molecule has 29 heavy (non-hydrogen) atoms. The summed E-state index contributed by atoms with van der Waals surface area (Å²) in [5.41, 5.74) is -4.14. The van der Waals surface area contributed by atoms with Gasteiger partial charge in [0.2, 0.25) is 0 Å². The Morgan fingerprint density at radius 1 is 1.03 bits per heavy atom. The summed E-state index contributed by atoms with van der Waals surface area (Å²) in [5.74, 6) is -2.85. The van der Waals surface area contributed by atoms with Crippen molar-refractivity contribution >= 4 is 11.9 Å². The highest BCUT2D eigenvalue weighted by atomic mass is 19.4. The van der Waals surface area contributed by atoms with Crippen LogP contribution in [0.1, 0.15) is 61.5 Å². The predicted octanol–water partition coefficient (Wildman–Crippen LogP) is 5.21. The van der Waals surface area contributed by atoms with Gasteiger partial charge in [0.25, 0.3) is 5.91 Å². The minimum atomic E-state index is -5.05. The first-order chi connectivity index (χ1) is 13.3. The Kier molecular flexibility index (Phi) is 8.52. The fraction of sp³-hybridized carbons (Fsp3) is 0.579. The second kappa shape index (κ2) is 9.98. The summed E-state index contributed by atoms with van der Waals surface area (Å²) >= 11 is 0. The molecule has 0 saturated carbocycles. The molecule has 1 rings (SSSR count). The Morgan fingerprint density at radius 2 is 1.66 bits per heavy atom. The van der Waals surface area contributed by atoms with E-state index in [2.05, 4.69) is 5.32 Å². The summed E-state index contributed by atoms with van der Waals surface area (Å²) in [6.45, 7) is 5.06. The fourth-order valence-electron chi connectivity index (χ4n) is 2.49. The zero-order valence-electron chi connectivity index (χ0n) is 16.2. The summed E-state index contributed by atoms with van der Waals surface area (Å²) in [4.78, 5) is 24.6. The van der Waals surface area contributed by atoms with Crippen molar-refractivity contribution in [3.05, 3.63) is 34.9 Å². The lowest BCUT2D eigenvalue weighted by atomic mass is 10.00. The second-order valence-corrected chi connectivity index (χ2v) is 6.83. The standard InChI is InChI=1S/C19H23F6NO3/c1-4-5-6-9-29-17(28)15(11(2)3)26-16(27)13-10-12(18(20,21)22)7-8-14(13)19(23,24)25/h7-8,10-11,15H,4-6,9H2,1-3H3,(H,26,27). The van der Waals surface area contributed by atoms with Gasteiger partial charge in [0, 0.05) is 0 Å². The average Bonchev–Trinajstić information content (AvgIpc) is 2.60. The average molecular weight is 427 g/mol. The van der Waals surface area contributed by atoms with E-state index in [-0.39, 0.29) is 24.8 Å². The molecule has 1 unspecified atom stereocenters. The van der Waals surface area contributed by atoms with E-state index in [1.165, 1.54) is 13.8 Å². The largest absolute Gasteiger partial charge is 0.464 e. The molecule has 0 spiro atoms. The molecule has 0 saturated heterocycles. The highest BCUT2D eigenvalue weighted by Gasteiger charge is 2.39. The number of benzene rings is 1. The number of amides is 1. The van der Waals surface area contributed by atoms with E-state index in [0.29, 0.717) is 6.42 Å². The minimum absolute atomic E-state index is 0.0725. The molecule has 1 aromatic carbocycles. The van der Waals surface area contributed by atoms with Gasteiger partial charge >= 0.3 is 18.3 Å². The number of halogens is 6. The summed E-state index contributed by atoms with van der Waals surface area (Å²) in [6, 6.07) is -0.728. The van der Waals surface area contributed by atoms with E-state index < -0.39 is 52.9 Å². The van der Waals surface area contributed by atoms with E-state index in [1.807, 2.05) is 6.92 Å². The van der Waals surface area contributed by atoms with Crippen LogP contribution in [0.5, 0.6) is 0 Å². The highest BCUT2D eigenvalue weighted by molar-refractivity contribution is 5.98. The Balaban J connectivity index is 3.14. The van der Waals surface area contributed by atoms with Gasteiger partial charge in [0.05, 0.1) is 23.3 Å². The van der Waals surface area contributed by atoms with Crippen LogP contribution in [0.25, 0.3) is 0 Å². The number of ether oxygens (including phenoxy) is 1. The number of esters is 1. The van der Waals surface area contributed by atoms with Gasteiger partial charge in [-0.15, -0.1) is 0 Å². The third-order valence-electron chi connectivity index (χ3n) is 4.10. The molecule has 0 fully saturated rings. The monoisotopic (exact) mass is 427 g/mol. The van der Waals surface area contributed by atoms with Gasteiger partial charge in [-0.25, -0.2) is 4.79 Å². The molecule has 1 N–H and O–H groups in total. The molecule has 4 nitrogen and oxygen atoms in total. The van der Waals surface area contributed by atoms with Crippen molar-refractivity contribution in [1.82, 2.24) is 5.32 Å². The Morgan fingerprint density at radius 3 is 2.14 bits per heavy atom. The molecule has 0 aliphatic carbocycles. The maximum absolute atomic E-state index is 13.2. The summed E-state index contributed by atoms with van der Waals surface area (Å²) in [7, 11) is 0. The number of hydrogen-bond donors (Lipinski definition) is 1. The fourth-order valence-corrected chi connectivity index (χ4v) is 2.49. The number of carbonyl (C=O) groups excluding carboxylic acids is 2. The molecule has 1 aromatic rings. The van der Waals surface area contributed by atoms with Gasteiger partial charge in [-0.2, -0.15) is 26.3 Å². The molecule has 0 bridgehead atoms. The van der Waals surface area contributed by atoms with Crippen molar-refractivity contribution in [2.75, 3.05) is 6.61 Å². The Hall–Kier alpha value is -2.26. The zero-order chi connectivity index (χ0) is 22.4. The highest BCUT2D eigenvalue weighted by Crippen LogP contribution is 2.36. The van der Waals surface area contributed by atoms with Crippen LogP contribution in [-0.4, -0.2) is 24.5 Å². The van der Waals surface area contributed by atoms with Crippen molar-refractivity contribution in [2.45, 2.75) is 58.4 Å². The number of unbranched alkanes of at least 4 members (excludes halogenated alkanes) is 2. The second-order valence-electron chi connectivity index (χ2n) is 6.83. The third kappa shape index (κ3) is 7.25. The molecule has 1 atom stereocenters. The van der Waals surface area contributed by atoms with Crippen LogP contribution in [0.3, 0.4) is 0 Å². The van der Waals surface area contributed by atoms with E-state index in [4.69, 9.17) is 4.74 Å². The van der Waals surface area contributed by atoms with Gasteiger partial charge in [0.15, 0.2) is 0 Å². The number of carbonyl (C=O) groups is 2.